The molecule has 0 spiro atoms. The molecule has 3 rings (SSSR count). The number of rotatable bonds is 10. The lowest BCUT2D eigenvalue weighted by Crippen LogP contribution is -2.11. The van der Waals surface area contributed by atoms with Gasteiger partial charge in [-0.05, 0) is 82.8 Å². The molecule has 0 aliphatic carbocycles. The highest BCUT2D eigenvalue weighted by Gasteiger charge is 2.14. The number of hydrogen-bond acceptors (Lipinski definition) is 5. The zero-order chi connectivity index (χ0) is 22.4. The van der Waals surface area contributed by atoms with E-state index >= 15 is 0 Å². The zero-order valence-electron chi connectivity index (χ0n) is 19.4. The summed E-state index contributed by atoms with van der Waals surface area (Å²) < 4.78 is 23.6. The first kappa shape index (κ1) is 22.7. The summed E-state index contributed by atoms with van der Waals surface area (Å²) in [6.07, 6.45) is 2.66. The number of nitrogens with zero attached hydrogens (tertiary/aromatic N) is 1. The molecular formula is C26H33NO4. The first-order chi connectivity index (χ1) is 14.9. The smallest absolute Gasteiger partial charge is 0.161 e. The van der Waals surface area contributed by atoms with Gasteiger partial charge in [0, 0.05) is 18.0 Å². The second kappa shape index (κ2) is 10.4. The molecule has 1 heterocycles. The second-order valence-corrected chi connectivity index (χ2v) is 7.93. The molecule has 0 N–H and O–H groups in total. The molecule has 0 saturated heterocycles. The minimum absolute atomic E-state index is 0.0613. The maximum atomic E-state index is 6.02. The Bertz CT molecular complexity index is 1010. The minimum Gasteiger partial charge on any atom is -0.490 e. The van der Waals surface area contributed by atoms with E-state index in [1.165, 1.54) is 0 Å². The average Bonchev–Trinajstić information content (AvgIpc) is 2.70. The lowest BCUT2D eigenvalue weighted by Gasteiger charge is -2.18. The van der Waals surface area contributed by atoms with Crippen LogP contribution >= 0.6 is 0 Å². The van der Waals surface area contributed by atoms with E-state index in [2.05, 4.69) is 17.1 Å². The number of benzene rings is 2. The van der Waals surface area contributed by atoms with Gasteiger partial charge in [0.2, 0.25) is 0 Å². The fraction of sp³-hybridized carbons (Fsp3) is 0.423. The van der Waals surface area contributed by atoms with E-state index in [0.29, 0.717) is 19.6 Å². The molecule has 31 heavy (non-hydrogen) atoms. The molecule has 0 unspecified atom stereocenters. The third-order valence-corrected chi connectivity index (χ3v) is 4.62. The van der Waals surface area contributed by atoms with E-state index in [0.717, 1.165) is 45.0 Å². The predicted octanol–water partition coefficient (Wildman–Crippen LogP) is 6.20. The second-order valence-electron chi connectivity index (χ2n) is 7.93. The van der Waals surface area contributed by atoms with E-state index in [1.54, 1.807) is 0 Å². The Labute approximate surface area is 185 Å². The zero-order valence-corrected chi connectivity index (χ0v) is 19.4. The van der Waals surface area contributed by atoms with Crippen molar-refractivity contribution in [3.8, 4) is 23.0 Å². The highest BCUT2D eigenvalue weighted by Crippen LogP contribution is 2.35. The van der Waals surface area contributed by atoms with Gasteiger partial charge in [0.25, 0.3) is 0 Å². The average molecular weight is 424 g/mol. The van der Waals surface area contributed by atoms with Crippen LogP contribution < -0.4 is 18.9 Å². The van der Waals surface area contributed by atoms with Crippen LogP contribution in [0.25, 0.3) is 10.8 Å². The van der Waals surface area contributed by atoms with Crippen LogP contribution in [0.15, 0.2) is 42.6 Å². The summed E-state index contributed by atoms with van der Waals surface area (Å²) in [5.74, 6) is 3.03. The van der Waals surface area contributed by atoms with E-state index in [-0.39, 0.29) is 12.2 Å². The molecule has 0 bridgehead atoms. The monoisotopic (exact) mass is 423 g/mol. The maximum Gasteiger partial charge on any atom is 0.161 e. The Morgan fingerprint density at radius 3 is 2.03 bits per heavy atom. The fourth-order valence-corrected chi connectivity index (χ4v) is 3.47. The van der Waals surface area contributed by atoms with Crippen molar-refractivity contribution in [3.63, 3.8) is 0 Å². The van der Waals surface area contributed by atoms with Gasteiger partial charge in [-0.15, -0.1) is 0 Å². The molecule has 5 heteroatoms. The van der Waals surface area contributed by atoms with Gasteiger partial charge in [0.1, 0.15) is 0 Å². The lowest BCUT2D eigenvalue weighted by molar-refractivity contribution is 0.198. The van der Waals surface area contributed by atoms with Crippen molar-refractivity contribution in [3.05, 3.63) is 53.9 Å². The van der Waals surface area contributed by atoms with Crippen LogP contribution in [0.4, 0.5) is 0 Å². The summed E-state index contributed by atoms with van der Waals surface area (Å²) >= 11 is 0. The Balaban J connectivity index is 1.99. The van der Waals surface area contributed by atoms with E-state index in [9.17, 15) is 0 Å². The molecule has 3 aromatic rings. The quantitative estimate of drug-likeness (QED) is 0.389. The van der Waals surface area contributed by atoms with Crippen LogP contribution in [0.5, 0.6) is 23.0 Å². The van der Waals surface area contributed by atoms with Gasteiger partial charge in [-0.1, -0.05) is 6.07 Å². The normalized spacial score (nSPS) is 11.2. The summed E-state index contributed by atoms with van der Waals surface area (Å²) in [7, 11) is 0. The summed E-state index contributed by atoms with van der Waals surface area (Å²) in [5, 5.41) is 2.14. The van der Waals surface area contributed by atoms with Crippen molar-refractivity contribution in [1.29, 1.82) is 0 Å². The van der Waals surface area contributed by atoms with Crippen molar-refractivity contribution in [2.75, 3.05) is 13.2 Å². The predicted molar refractivity (Wildman–Crippen MR) is 125 cm³/mol. The van der Waals surface area contributed by atoms with Crippen LogP contribution in [-0.2, 0) is 6.42 Å². The summed E-state index contributed by atoms with van der Waals surface area (Å²) in [6, 6.07) is 12.2. The van der Waals surface area contributed by atoms with Gasteiger partial charge in [0.05, 0.1) is 31.1 Å². The number of ether oxygens (including phenoxy) is 4. The van der Waals surface area contributed by atoms with E-state index in [4.69, 9.17) is 18.9 Å². The molecule has 0 amide bonds. The third kappa shape index (κ3) is 5.81. The van der Waals surface area contributed by atoms with Gasteiger partial charge in [-0.2, -0.15) is 0 Å². The lowest BCUT2D eigenvalue weighted by atomic mass is 10.0. The summed E-state index contributed by atoms with van der Waals surface area (Å²) in [6.45, 7) is 13.2. The topological polar surface area (TPSA) is 49.8 Å². The van der Waals surface area contributed by atoms with Crippen molar-refractivity contribution < 1.29 is 18.9 Å². The molecule has 1 aromatic heterocycles. The highest BCUT2D eigenvalue weighted by molar-refractivity contribution is 5.88. The van der Waals surface area contributed by atoms with Gasteiger partial charge in [-0.3, -0.25) is 4.98 Å². The van der Waals surface area contributed by atoms with Gasteiger partial charge >= 0.3 is 0 Å². The number of fused-ring (bicyclic) bond motifs is 1. The van der Waals surface area contributed by atoms with E-state index in [1.807, 2.05) is 72.0 Å². The van der Waals surface area contributed by atoms with Crippen LogP contribution in [0.3, 0.4) is 0 Å². The Morgan fingerprint density at radius 1 is 0.742 bits per heavy atom. The first-order valence-corrected chi connectivity index (χ1v) is 11.0. The van der Waals surface area contributed by atoms with Gasteiger partial charge in [-0.25, -0.2) is 0 Å². The molecule has 5 nitrogen and oxygen atoms in total. The Hall–Kier alpha value is -2.95. The molecule has 0 aliphatic heterocycles. The SMILES string of the molecule is CCOc1cc2ccnc(Cc3ccc(OC(C)C)c(OC(C)C)c3)c2cc1OCC. The molecule has 2 aromatic carbocycles. The maximum absolute atomic E-state index is 6.02. The van der Waals surface area contributed by atoms with Crippen molar-refractivity contribution in [2.45, 2.75) is 60.2 Å². The number of pyridine rings is 1. The summed E-state index contributed by atoms with van der Waals surface area (Å²) in [4.78, 5) is 4.67. The molecule has 0 aliphatic rings. The number of hydrogen-bond donors (Lipinski definition) is 0. The van der Waals surface area contributed by atoms with Crippen molar-refractivity contribution in [1.82, 2.24) is 4.98 Å². The Morgan fingerprint density at radius 2 is 1.39 bits per heavy atom. The van der Waals surface area contributed by atoms with Gasteiger partial charge < -0.3 is 18.9 Å². The molecular weight excluding hydrogens is 390 g/mol. The Kier molecular flexibility index (Phi) is 7.61. The molecule has 0 radical (unpaired) electrons. The highest BCUT2D eigenvalue weighted by atomic mass is 16.5. The standard InChI is InChI=1S/C26H33NO4/c1-7-28-24-15-20-11-12-27-22(21(20)16-25(24)29-8-2)13-19-9-10-23(30-17(3)4)26(14-19)31-18(5)6/h9-12,14-18H,7-8,13H2,1-6H3. The van der Waals surface area contributed by atoms with Crippen LogP contribution in [-0.4, -0.2) is 30.4 Å². The van der Waals surface area contributed by atoms with Crippen LogP contribution in [0, 0.1) is 0 Å². The summed E-state index contributed by atoms with van der Waals surface area (Å²) in [5.41, 5.74) is 2.09. The third-order valence-electron chi connectivity index (χ3n) is 4.62. The van der Waals surface area contributed by atoms with E-state index < -0.39 is 0 Å². The van der Waals surface area contributed by atoms with Crippen molar-refractivity contribution in [2.24, 2.45) is 0 Å². The molecule has 0 fully saturated rings. The fourth-order valence-electron chi connectivity index (χ4n) is 3.47. The molecule has 166 valence electrons. The molecule has 0 atom stereocenters. The van der Waals surface area contributed by atoms with Crippen molar-refractivity contribution >= 4 is 10.8 Å². The largest absolute Gasteiger partial charge is 0.490 e. The number of aromatic nitrogens is 1. The molecule has 0 saturated carbocycles. The first-order valence-electron chi connectivity index (χ1n) is 11.0. The van der Waals surface area contributed by atoms with Gasteiger partial charge in [0.15, 0.2) is 23.0 Å². The van der Waals surface area contributed by atoms with Crippen LogP contribution in [0.2, 0.25) is 0 Å². The minimum atomic E-state index is 0.0613. The van der Waals surface area contributed by atoms with Crippen LogP contribution in [0.1, 0.15) is 52.8 Å².